The number of fused-ring (bicyclic) bond motifs is 1. The van der Waals surface area contributed by atoms with Gasteiger partial charge in [-0.3, -0.25) is 18.9 Å². The molecule has 2 aromatic heterocycles. The van der Waals surface area contributed by atoms with Gasteiger partial charge in [-0.15, -0.1) is 0 Å². The molecule has 0 radical (unpaired) electrons. The highest BCUT2D eigenvalue weighted by atomic mass is 32.2. The van der Waals surface area contributed by atoms with Crippen molar-refractivity contribution in [3.05, 3.63) is 81.1 Å². The van der Waals surface area contributed by atoms with Crippen LogP contribution in [0, 0.1) is 11.8 Å². The Morgan fingerprint density at radius 3 is 2.51 bits per heavy atom. The van der Waals surface area contributed by atoms with E-state index in [1.54, 1.807) is 21.6 Å². The molecule has 2 saturated heterocycles. The number of hydrogen-bond donors (Lipinski definition) is 0. The van der Waals surface area contributed by atoms with Crippen molar-refractivity contribution in [3.63, 3.8) is 0 Å². The van der Waals surface area contributed by atoms with Gasteiger partial charge in [0.05, 0.1) is 10.5 Å². The molecule has 2 aliphatic rings. The van der Waals surface area contributed by atoms with Crippen LogP contribution in [-0.4, -0.2) is 44.1 Å². The van der Waals surface area contributed by atoms with Gasteiger partial charge in [0, 0.05) is 25.8 Å². The van der Waals surface area contributed by atoms with Crippen LogP contribution in [0.4, 0.5) is 5.82 Å². The molecule has 3 aromatic rings. The third-order valence-corrected chi connectivity index (χ3v) is 7.91. The second-order valence-electron chi connectivity index (χ2n) is 9.50. The molecule has 0 aliphatic carbocycles. The molecular formula is C27H28N4O2S2. The molecule has 0 bridgehead atoms. The van der Waals surface area contributed by atoms with Crippen LogP contribution in [0.15, 0.2) is 64.4 Å². The number of thioether (sulfide) groups is 1. The van der Waals surface area contributed by atoms with Gasteiger partial charge in [0.15, 0.2) is 0 Å². The summed E-state index contributed by atoms with van der Waals surface area (Å²) < 4.78 is 2.07. The summed E-state index contributed by atoms with van der Waals surface area (Å²) in [5.41, 5.74) is 2.02. The molecule has 180 valence electrons. The number of nitrogens with zero attached hydrogens (tertiary/aromatic N) is 4. The molecule has 4 heterocycles. The average molecular weight is 505 g/mol. The van der Waals surface area contributed by atoms with Gasteiger partial charge in [-0.25, -0.2) is 4.98 Å². The topological polar surface area (TPSA) is 57.9 Å². The first kappa shape index (κ1) is 23.8. The third-order valence-electron chi connectivity index (χ3n) is 6.53. The van der Waals surface area contributed by atoms with E-state index in [1.807, 2.05) is 48.5 Å². The lowest BCUT2D eigenvalue weighted by atomic mass is 9.91. The molecule has 8 heteroatoms. The highest BCUT2D eigenvalue weighted by Gasteiger charge is 2.33. The Bertz CT molecular complexity index is 1360. The highest BCUT2D eigenvalue weighted by molar-refractivity contribution is 8.26. The zero-order valence-electron chi connectivity index (χ0n) is 19.9. The number of benzene rings is 1. The summed E-state index contributed by atoms with van der Waals surface area (Å²) in [6.45, 7) is 6.63. The van der Waals surface area contributed by atoms with Crippen molar-refractivity contribution in [3.8, 4) is 0 Å². The lowest BCUT2D eigenvalue weighted by Crippen LogP contribution is -2.40. The number of piperidine rings is 1. The number of rotatable bonds is 5. The van der Waals surface area contributed by atoms with E-state index in [9.17, 15) is 9.59 Å². The van der Waals surface area contributed by atoms with Crippen molar-refractivity contribution in [2.24, 2.45) is 11.8 Å². The van der Waals surface area contributed by atoms with Crippen molar-refractivity contribution in [2.45, 2.75) is 26.7 Å². The first-order valence-corrected chi connectivity index (χ1v) is 13.2. The molecule has 2 aliphatic heterocycles. The molecule has 6 nitrogen and oxygen atoms in total. The maximum absolute atomic E-state index is 13.6. The molecule has 35 heavy (non-hydrogen) atoms. The number of hydrogen-bond acceptors (Lipinski definition) is 6. The maximum Gasteiger partial charge on any atom is 0.267 e. The van der Waals surface area contributed by atoms with E-state index < -0.39 is 0 Å². The first-order chi connectivity index (χ1) is 16.9. The van der Waals surface area contributed by atoms with Crippen LogP contribution in [-0.2, 0) is 11.2 Å². The summed E-state index contributed by atoms with van der Waals surface area (Å²) in [5, 5.41) is 0. The van der Waals surface area contributed by atoms with Gasteiger partial charge in [-0.2, -0.15) is 0 Å². The SMILES string of the molecule is CC1CC(C)CN(c2nc3ccccn3c(=O)c2C=C2SC(=S)N(CCc3ccccc3)C2=O)C1. The lowest BCUT2D eigenvalue weighted by molar-refractivity contribution is -0.122. The Kier molecular flexibility index (Phi) is 6.75. The lowest BCUT2D eigenvalue weighted by Gasteiger charge is -2.36. The van der Waals surface area contributed by atoms with Crippen LogP contribution < -0.4 is 10.5 Å². The van der Waals surface area contributed by atoms with E-state index in [4.69, 9.17) is 17.2 Å². The van der Waals surface area contributed by atoms with Crippen molar-refractivity contribution in [1.29, 1.82) is 0 Å². The summed E-state index contributed by atoms with van der Waals surface area (Å²) in [7, 11) is 0. The fraction of sp³-hybridized carbons (Fsp3) is 0.333. The summed E-state index contributed by atoms with van der Waals surface area (Å²) in [6, 6.07) is 15.6. The second-order valence-corrected chi connectivity index (χ2v) is 11.2. The van der Waals surface area contributed by atoms with Gasteiger partial charge in [-0.1, -0.05) is 74.2 Å². The molecule has 5 rings (SSSR count). The Morgan fingerprint density at radius 2 is 1.77 bits per heavy atom. The molecule has 1 aromatic carbocycles. The van der Waals surface area contributed by atoms with E-state index in [1.165, 1.54) is 11.8 Å². The molecule has 0 saturated carbocycles. The van der Waals surface area contributed by atoms with Crippen LogP contribution in [0.5, 0.6) is 0 Å². The number of carbonyl (C=O) groups is 1. The van der Waals surface area contributed by atoms with Gasteiger partial charge < -0.3 is 4.90 Å². The summed E-state index contributed by atoms with van der Waals surface area (Å²) in [6.07, 6.45) is 5.29. The number of aromatic nitrogens is 2. The van der Waals surface area contributed by atoms with Crippen LogP contribution in [0.2, 0.25) is 0 Å². The van der Waals surface area contributed by atoms with Crippen LogP contribution in [0.25, 0.3) is 11.7 Å². The maximum atomic E-state index is 13.6. The largest absolute Gasteiger partial charge is 0.355 e. The number of carbonyl (C=O) groups excluding carboxylic acids is 1. The van der Waals surface area contributed by atoms with E-state index in [0.717, 1.165) is 31.5 Å². The quantitative estimate of drug-likeness (QED) is 0.373. The highest BCUT2D eigenvalue weighted by Crippen LogP contribution is 2.34. The molecule has 2 unspecified atom stereocenters. The Hall–Kier alpha value is -2.97. The molecule has 2 atom stereocenters. The standard InChI is InChI=1S/C27H28N4O2S2/c1-18-14-19(2)17-29(16-18)24-21(25(32)30-12-7-6-10-23(30)28-24)15-22-26(33)31(27(34)35-22)13-11-20-8-4-3-5-9-20/h3-10,12,15,18-19H,11,13-14,16-17H2,1-2H3. The smallest absolute Gasteiger partial charge is 0.267 e. The predicted molar refractivity (Wildman–Crippen MR) is 147 cm³/mol. The van der Waals surface area contributed by atoms with Gasteiger partial charge in [0.2, 0.25) is 0 Å². The summed E-state index contributed by atoms with van der Waals surface area (Å²) in [4.78, 5) is 36.1. The van der Waals surface area contributed by atoms with Crippen molar-refractivity contribution in [2.75, 3.05) is 24.5 Å². The van der Waals surface area contributed by atoms with Crippen LogP contribution >= 0.6 is 24.0 Å². The Balaban J connectivity index is 1.51. The Morgan fingerprint density at radius 1 is 1.06 bits per heavy atom. The minimum absolute atomic E-state index is 0.153. The van der Waals surface area contributed by atoms with Gasteiger partial charge in [0.1, 0.15) is 15.8 Å². The van der Waals surface area contributed by atoms with E-state index in [0.29, 0.717) is 44.6 Å². The number of pyridine rings is 1. The van der Waals surface area contributed by atoms with Gasteiger partial charge >= 0.3 is 0 Å². The summed E-state index contributed by atoms with van der Waals surface area (Å²) in [5.74, 6) is 1.49. The molecule has 1 amide bonds. The van der Waals surface area contributed by atoms with Crippen molar-refractivity contribution in [1.82, 2.24) is 14.3 Å². The zero-order valence-corrected chi connectivity index (χ0v) is 21.5. The minimum atomic E-state index is -0.175. The number of amides is 1. The zero-order chi connectivity index (χ0) is 24.5. The normalized spacial score (nSPS) is 21.9. The fourth-order valence-electron chi connectivity index (χ4n) is 5.00. The van der Waals surface area contributed by atoms with Gasteiger partial charge in [-0.05, 0) is 48.4 Å². The minimum Gasteiger partial charge on any atom is -0.355 e. The van der Waals surface area contributed by atoms with Crippen molar-refractivity contribution >= 4 is 51.7 Å². The molecule has 2 fully saturated rings. The molecule has 0 N–H and O–H groups in total. The predicted octanol–water partition coefficient (Wildman–Crippen LogP) is 4.62. The first-order valence-electron chi connectivity index (χ1n) is 12.0. The fourth-order valence-corrected chi connectivity index (χ4v) is 6.29. The number of anilines is 1. The number of thiocarbonyl (C=S) groups is 1. The third kappa shape index (κ3) is 4.90. The molecule has 0 spiro atoms. The van der Waals surface area contributed by atoms with Crippen LogP contribution in [0.3, 0.4) is 0 Å². The average Bonchev–Trinajstić information content (AvgIpc) is 3.11. The monoisotopic (exact) mass is 504 g/mol. The second kappa shape index (κ2) is 9.95. The van der Waals surface area contributed by atoms with E-state index >= 15 is 0 Å². The van der Waals surface area contributed by atoms with Gasteiger partial charge in [0.25, 0.3) is 11.5 Å². The molecular weight excluding hydrogens is 476 g/mol. The summed E-state index contributed by atoms with van der Waals surface area (Å²) >= 11 is 6.80. The van der Waals surface area contributed by atoms with Crippen molar-refractivity contribution < 1.29 is 4.79 Å². The van der Waals surface area contributed by atoms with E-state index in [2.05, 4.69) is 18.7 Å². The Labute approximate surface area is 214 Å². The van der Waals surface area contributed by atoms with E-state index in [-0.39, 0.29) is 11.5 Å². The van der Waals surface area contributed by atoms with Crippen LogP contribution in [0.1, 0.15) is 31.4 Å².